The number of nitrogens with zero attached hydrogens (tertiary/aromatic N) is 2. The van der Waals surface area contributed by atoms with Crippen LogP contribution in [0.1, 0.15) is 0 Å². The first kappa shape index (κ1) is 15.4. The molecule has 0 aliphatic heterocycles. The number of hydrogen-bond donors (Lipinski definition) is 1. The van der Waals surface area contributed by atoms with Gasteiger partial charge in [0.15, 0.2) is 0 Å². The van der Waals surface area contributed by atoms with Gasteiger partial charge in [-0.2, -0.15) is 0 Å². The van der Waals surface area contributed by atoms with E-state index in [9.17, 15) is 4.79 Å². The normalized spacial score (nSPS) is 10.5. The molecule has 0 saturated heterocycles. The number of carboxylic acid groups (broad SMARTS) is 1. The maximum atomic E-state index is 10.8. The molecule has 2 aromatic carbocycles. The van der Waals surface area contributed by atoms with Gasteiger partial charge in [0.05, 0.1) is 11.4 Å². The van der Waals surface area contributed by atoms with Crippen LogP contribution in [0.25, 0.3) is 16.9 Å². The van der Waals surface area contributed by atoms with E-state index in [0.717, 1.165) is 5.56 Å². The van der Waals surface area contributed by atoms with Crippen molar-refractivity contribution in [3.05, 3.63) is 64.6 Å². The van der Waals surface area contributed by atoms with E-state index >= 15 is 0 Å². The molecule has 0 aliphatic carbocycles. The Hall–Kier alpha value is -2.50. The molecular weight excluding hydrogens is 339 g/mol. The van der Waals surface area contributed by atoms with E-state index in [-0.39, 0.29) is 5.88 Å². The molecule has 3 rings (SSSR count). The van der Waals surface area contributed by atoms with Crippen LogP contribution in [0.5, 0.6) is 5.88 Å². The molecule has 0 fully saturated rings. The fourth-order valence-electron chi connectivity index (χ4n) is 2.13. The molecule has 1 aromatic heterocycles. The average Bonchev–Trinajstić information content (AvgIpc) is 2.91. The van der Waals surface area contributed by atoms with Crippen LogP contribution in [0.4, 0.5) is 4.79 Å². The first-order valence-corrected chi connectivity index (χ1v) is 7.31. The Balaban J connectivity index is 2.14. The maximum absolute atomic E-state index is 10.8. The lowest BCUT2D eigenvalue weighted by Gasteiger charge is -2.07. The molecule has 5 nitrogen and oxygen atoms in total. The highest BCUT2D eigenvalue weighted by Crippen LogP contribution is 2.29. The minimum absolute atomic E-state index is 0.0255. The lowest BCUT2D eigenvalue weighted by atomic mass is 10.1. The average molecular weight is 349 g/mol. The van der Waals surface area contributed by atoms with E-state index in [2.05, 4.69) is 9.84 Å². The summed E-state index contributed by atoms with van der Waals surface area (Å²) in [5.74, 6) is -0.0255. The van der Waals surface area contributed by atoms with Gasteiger partial charge >= 0.3 is 6.16 Å². The molecule has 116 valence electrons. The summed E-state index contributed by atoms with van der Waals surface area (Å²) in [6.07, 6.45) is -1.43. The Labute approximate surface area is 141 Å². The van der Waals surface area contributed by atoms with Crippen molar-refractivity contribution < 1.29 is 14.6 Å². The molecule has 0 spiro atoms. The summed E-state index contributed by atoms with van der Waals surface area (Å²) in [6, 6.07) is 15.7. The quantitative estimate of drug-likeness (QED) is 0.683. The molecule has 0 saturated carbocycles. The Morgan fingerprint density at radius 3 is 2.43 bits per heavy atom. The van der Waals surface area contributed by atoms with Crippen molar-refractivity contribution in [2.45, 2.75) is 0 Å². The third-order valence-corrected chi connectivity index (χ3v) is 3.56. The minimum Gasteiger partial charge on any atom is -0.449 e. The predicted octanol–water partition coefficient (Wildman–Crippen LogP) is 4.90. The number of halogens is 2. The highest BCUT2D eigenvalue weighted by atomic mass is 35.5. The Kier molecular flexibility index (Phi) is 4.23. The molecule has 3 aromatic rings. The molecule has 23 heavy (non-hydrogen) atoms. The predicted molar refractivity (Wildman–Crippen MR) is 87.7 cm³/mol. The van der Waals surface area contributed by atoms with E-state index in [1.54, 1.807) is 47.1 Å². The van der Waals surface area contributed by atoms with Gasteiger partial charge in [0.1, 0.15) is 0 Å². The van der Waals surface area contributed by atoms with Crippen LogP contribution in [0.15, 0.2) is 54.6 Å². The second-order valence-electron chi connectivity index (χ2n) is 4.63. The van der Waals surface area contributed by atoms with Crippen LogP contribution < -0.4 is 4.74 Å². The summed E-state index contributed by atoms with van der Waals surface area (Å²) in [5.41, 5.74) is 2.14. The van der Waals surface area contributed by atoms with Gasteiger partial charge in [-0.05, 0) is 36.4 Å². The lowest BCUT2D eigenvalue weighted by Crippen LogP contribution is -2.04. The van der Waals surface area contributed by atoms with Gasteiger partial charge in [0.25, 0.3) is 0 Å². The van der Waals surface area contributed by atoms with Crippen molar-refractivity contribution in [1.29, 1.82) is 0 Å². The molecular formula is C16H10Cl2N2O3. The molecule has 0 amide bonds. The summed E-state index contributed by atoms with van der Waals surface area (Å²) in [7, 11) is 0. The van der Waals surface area contributed by atoms with Crippen LogP contribution in [-0.2, 0) is 0 Å². The Morgan fingerprint density at radius 2 is 1.78 bits per heavy atom. The van der Waals surface area contributed by atoms with Crippen molar-refractivity contribution in [1.82, 2.24) is 9.78 Å². The molecule has 7 heteroatoms. The fraction of sp³-hybridized carbons (Fsp3) is 0. The summed E-state index contributed by atoms with van der Waals surface area (Å²) >= 11 is 11.9. The van der Waals surface area contributed by atoms with Crippen molar-refractivity contribution in [2.75, 3.05) is 0 Å². The molecule has 1 N–H and O–H groups in total. The number of ether oxygens (including phenoxy) is 1. The van der Waals surface area contributed by atoms with E-state index in [0.29, 0.717) is 21.4 Å². The van der Waals surface area contributed by atoms with E-state index in [4.69, 9.17) is 28.3 Å². The molecule has 0 radical (unpaired) electrons. The van der Waals surface area contributed by atoms with Gasteiger partial charge in [0.2, 0.25) is 5.88 Å². The van der Waals surface area contributed by atoms with Crippen LogP contribution in [-0.4, -0.2) is 21.0 Å². The monoisotopic (exact) mass is 348 g/mol. The highest BCUT2D eigenvalue weighted by Gasteiger charge is 2.15. The lowest BCUT2D eigenvalue weighted by molar-refractivity contribution is 0.142. The fourth-order valence-corrected chi connectivity index (χ4v) is 2.45. The molecule has 0 aliphatic rings. The zero-order valence-corrected chi connectivity index (χ0v) is 13.1. The summed E-state index contributed by atoms with van der Waals surface area (Å²) in [4.78, 5) is 10.8. The van der Waals surface area contributed by atoms with Crippen molar-refractivity contribution in [3.63, 3.8) is 0 Å². The first-order chi connectivity index (χ1) is 11.0. The summed E-state index contributed by atoms with van der Waals surface area (Å²) < 4.78 is 6.23. The number of carbonyl (C=O) groups is 1. The van der Waals surface area contributed by atoms with E-state index < -0.39 is 6.16 Å². The van der Waals surface area contributed by atoms with E-state index in [1.165, 1.54) is 6.07 Å². The third kappa shape index (κ3) is 3.47. The maximum Gasteiger partial charge on any atom is 0.512 e. The molecule has 0 atom stereocenters. The third-order valence-electron chi connectivity index (χ3n) is 3.07. The second-order valence-corrected chi connectivity index (χ2v) is 5.51. The Morgan fingerprint density at radius 1 is 1.04 bits per heavy atom. The van der Waals surface area contributed by atoms with Crippen molar-refractivity contribution >= 4 is 29.4 Å². The largest absolute Gasteiger partial charge is 0.512 e. The molecule has 0 unspecified atom stereocenters. The number of hydrogen-bond acceptors (Lipinski definition) is 3. The second kappa shape index (κ2) is 6.32. The number of benzene rings is 2. The molecule has 0 bridgehead atoms. The number of rotatable bonds is 3. The van der Waals surface area contributed by atoms with Crippen LogP contribution >= 0.6 is 23.2 Å². The van der Waals surface area contributed by atoms with Crippen molar-refractivity contribution in [2.24, 2.45) is 0 Å². The Bertz CT molecular complexity index is 860. The standard InChI is InChI=1S/C16H10Cl2N2O3/c17-11-4-6-13(7-5-11)20-14(9-15(19-20)23-16(21)22)10-2-1-3-12(18)8-10/h1-9H,(H,21,22). The van der Waals surface area contributed by atoms with Crippen LogP contribution in [0, 0.1) is 0 Å². The van der Waals surface area contributed by atoms with Gasteiger partial charge in [-0.1, -0.05) is 35.3 Å². The topological polar surface area (TPSA) is 64.3 Å². The summed E-state index contributed by atoms with van der Waals surface area (Å²) in [6.45, 7) is 0. The smallest absolute Gasteiger partial charge is 0.449 e. The van der Waals surface area contributed by atoms with Gasteiger partial charge < -0.3 is 9.84 Å². The molecule has 1 heterocycles. The van der Waals surface area contributed by atoms with Crippen LogP contribution in [0.3, 0.4) is 0 Å². The van der Waals surface area contributed by atoms with Gasteiger partial charge in [-0.25, -0.2) is 9.48 Å². The highest BCUT2D eigenvalue weighted by molar-refractivity contribution is 6.31. The SMILES string of the molecule is O=C(O)Oc1cc(-c2cccc(Cl)c2)n(-c2ccc(Cl)cc2)n1. The summed E-state index contributed by atoms with van der Waals surface area (Å²) in [5, 5.41) is 14.1. The first-order valence-electron chi connectivity index (χ1n) is 6.55. The zero-order chi connectivity index (χ0) is 16.4. The van der Waals surface area contributed by atoms with Crippen molar-refractivity contribution in [3.8, 4) is 22.8 Å². The van der Waals surface area contributed by atoms with Crippen LogP contribution in [0.2, 0.25) is 10.0 Å². The van der Waals surface area contributed by atoms with Gasteiger partial charge in [-0.15, -0.1) is 5.10 Å². The number of aromatic nitrogens is 2. The zero-order valence-electron chi connectivity index (χ0n) is 11.6. The van der Waals surface area contributed by atoms with Gasteiger partial charge in [0, 0.05) is 21.7 Å². The minimum atomic E-state index is -1.43. The van der Waals surface area contributed by atoms with Gasteiger partial charge in [-0.3, -0.25) is 0 Å². The van der Waals surface area contributed by atoms with E-state index in [1.807, 2.05) is 6.07 Å².